The van der Waals surface area contributed by atoms with Crippen LogP contribution in [0.1, 0.15) is 35.2 Å². The van der Waals surface area contributed by atoms with E-state index in [1.807, 2.05) is 54.6 Å². The Morgan fingerprint density at radius 1 is 0.868 bits per heavy atom. The van der Waals surface area contributed by atoms with Crippen molar-refractivity contribution in [3.8, 4) is 11.5 Å². The predicted octanol–water partition coefficient (Wildman–Crippen LogP) is 4.18. The van der Waals surface area contributed by atoms with Crippen molar-refractivity contribution in [3.05, 3.63) is 83.9 Å². The number of benzene rings is 3. The third-order valence-electron chi connectivity index (χ3n) is 7.33. The Balaban J connectivity index is 1.45. The molecule has 8 heteroatoms. The van der Waals surface area contributed by atoms with E-state index in [0.29, 0.717) is 29.4 Å². The average molecular weight is 514 g/mol. The van der Waals surface area contributed by atoms with Gasteiger partial charge in [0, 0.05) is 6.04 Å². The van der Waals surface area contributed by atoms with Gasteiger partial charge in [0.25, 0.3) is 5.91 Å². The van der Waals surface area contributed by atoms with E-state index in [4.69, 9.17) is 9.47 Å². The molecule has 1 heterocycles. The van der Waals surface area contributed by atoms with Crippen molar-refractivity contribution in [2.75, 3.05) is 30.6 Å². The number of nitrogens with one attached hydrogen (secondary N) is 1. The summed E-state index contributed by atoms with van der Waals surface area (Å²) in [5, 5.41) is 2.75. The van der Waals surface area contributed by atoms with E-state index >= 15 is 0 Å². The second-order valence-corrected chi connectivity index (χ2v) is 9.49. The molecule has 0 radical (unpaired) electrons. The summed E-state index contributed by atoms with van der Waals surface area (Å²) in [5.74, 6) is -0.312. The number of carbonyl (C=O) groups is 3. The third-order valence-corrected chi connectivity index (χ3v) is 7.33. The van der Waals surface area contributed by atoms with E-state index in [0.717, 1.165) is 24.8 Å². The van der Waals surface area contributed by atoms with Gasteiger partial charge in [-0.15, -0.1) is 0 Å². The van der Waals surface area contributed by atoms with Crippen LogP contribution in [0, 0.1) is 5.92 Å². The fourth-order valence-electron chi connectivity index (χ4n) is 5.58. The standard InChI is InChI=1S/C30H31N3O5/c1-37-25-16-9-17-26(38-2)28(25)29(35)31-18-27(34)33-22-15-8-12-21(22)30(36)32(19-20-10-4-3-5-11-20)23-13-6-7-14-24(23)33/h3-7,9-11,13-14,16-17,21-22H,8,12,15,18-19H2,1-2H3,(H,31,35)/t21-,22+/m0/s1. The number of para-hydroxylation sites is 2. The SMILES string of the molecule is COc1cccc(OC)c1C(=O)NCC(=O)N1c2ccccc2N(Cc2ccccc2)C(=O)[C@H]2CCC[C@H]21. The summed E-state index contributed by atoms with van der Waals surface area (Å²) in [5.41, 5.74) is 2.62. The van der Waals surface area contributed by atoms with Gasteiger partial charge < -0.3 is 24.6 Å². The van der Waals surface area contributed by atoms with Crippen molar-refractivity contribution in [1.82, 2.24) is 5.32 Å². The largest absolute Gasteiger partial charge is 0.496 e. The van der Waals surface area contributed by atoms with Gasteiger partial charge in [0.1, 0.15) is 17.1 Å². The zero-order valence-corrected chi connectivity index (χ0v) is 21.6. The van der Waals surface area contributed by atoms with Crippen LogP contribution in [0.4, 0.5) is 11.4 Å². The zero-order valence-electron chi connectivity index (χ0n) is 21.6. The Hall–Kier alpha value is -4.33. The van der Waals surface area contributed by atoms with Crippen LogP contribution in [-0.4, -0.2) is 44.5 Å². The highest BCUT2D eigenvalue weighted by Crippen LogP contribution is 2.43. The van der Waals surface area contributed by atoms with Crippen molar-refractivity contribution in [2.24, 2.45) is 5.92 Å². The second-order valence-electron chi connectivity index (χ2n) is 9.49. The molecule has 3 aromatic rings. The van der Waals surface area contributed by atoms with Crippen molar-refractivity contribution < 1.29 is 23.9 Å². The summed E-state index contributed by atoms with van der Waals surface area (Å²) in [7, 11) is 2.95. The molecule has 1 N–H and O–H groups in total. The number of rotatable bonds is 7. The molecule has 196 valence electrons. The number of anilines is 2. The molecule has 1 aliphatic heterocycles. The summed E-state index contributed by atoms with van der Waals surface area (Å²) < 4.78 is 10.7. The molecule has 1 aliphatic carbocycles. The first-order chi connectivity index (χ1) is 18.5. The Labute approximate surface area is 222 Å². The second kappa shape index (κ2) is 11.0. The monoisotopic (exact) mass is 513 g/mol. The molecule has 0 aromatic heterocycles. The van der Waals surface area contributed by atoms with E-state index in [1.165, 1.54) is 14.2 Å². The number of amides is 3. The number of nitrogens with zero attached hydrogens (tertiary/aromatic N) is 2. The van der Waals surface area contributed by atoms with Crippen molar-refractivity contribution in [2.45, 2.75) is 31.8 Å². The van der Waals surface area contributed by atoms with Crippen LogP contribution in [0.15, 0.2) is 72.8 Å². The number of carbonyl (C=O) groups excluding carboxylic acids is 3. The van der Waals surface area contributed by atoms with Gasteiger partial charge in [-0.3, -0.25) is 14.4 Å². The highest BCUT2D eigenvalue weighted by atomic mass is 16.5. The van der Waals surface area contributed by atoms with Gasteiger partial charge in [-0.05, 0) is 42.7 Å². The zero-order chi connectivity index (χ0) is 26.6. The summed E-state index contributed by atoms with van der Waals surface area (Å²) in [4.78, 5) is 44.3. The molecular weight excluding hydrogens is 482 g/mol. The Morgan fingerprint density at radius 2 is 1.53 bits per heavy atom. The topological polar surface area (TPSA) is 88.2 Å². The molecule has 1 fully saturated rings. The van der Waals surface area contributed by atoms with Crippen molar-refractivity contribution in [3.63, 3.8) is 0 Å². The summed E-state index contributed by atoms with van der Waals surface area (Å²) in [6.45, 7) is 0.191. The summed E-state index contributed by atoms with van der Waals surface area (Å²) in [6, 6.07) is 22.2. The minimum atomic E-state index is -0.472. The van der Waals surface area contributed by atoms with E-state index in [9.17, 15) is 14.4 Å². The number of fused-ring (bicyclic) bond motifs is 2. The highest BCUT2D eigenvalue weighted by molar-refractivity contribution is 6.08. The molecular formula is C30H31N3O5. The Kier molecular flexibility index (Phi) is 7.31. The first-order valence-corrected chi connectivity index (χ1v) is 12.8. The molecule has 3 aromatic carbocycles. The van der Waals surface area contributed by atoms with Crippen LogP contribution in [0.2, 0.25) is 0 Å². The molecule has 5 rings (SSSR count). The van der Waals surface area contributed by atoms with E-state index in [-0.39, 0.29) is 35.9 Å². The van der Waals surface area contributed by atoms with Gasteiger partial charge in [0.15, 0.2) is 0 Å². The number of ether oxygens (including phenoxy) is 2. The van der Waals surface area contributed by atoms with Gasteiger partial charge >= 0.3 is 0 Å². The lowest BCUT2D eigenvalue weighted by atomic mass is 10.0. The third kappa shape index (κ3) is 4.69. The molecule has 0 unspecified atom stereocenters. The van der Waals surface area contributed by atoms with Gasteiger partial charge in [-0.2, -0.15) is 0 Å². The van der Waals surface area contributed by atoms with E-state index < -0.39 is 5.91 Å². The van der Waals surface area contributed by atoms with E-state index in [2.05, 4.69) is 5.32 Å². The smallest absolute Gasteiger partial charge is 0.259 e. The molecule has 2 atom stereocenters. The Morgan fingerprint density at radius 3 is 2.21 bits per heavy atom. The fourth-order valence-corrected chi connectivity index (χ4v) is 5.58. The van der Waals surface area contributed by atoms with Gasteiger partial charge in [0.05, 0.1) is 44.6 Å². The van der Waals surface area contributed by atoms with Crippen LogP contribution in [0.3, 0.4) is 0 Å². The van der Waals surface area contributed by atoms with Gasteiger partial charge in [0.2, 0.25) is 11.8 Å². The minimum absolute atomic E-state index is 0.0295. The van der Waals surface area contributed by atoms with Crippen molar-refractivity contribution in [1.29, 1.82) is 0 Å². The van der Waals surface area contributed by atoms with E-state index in [1.54, 1.807) is 28.0 Å². The van der Waals surface area contributed by atoms with Crippen LogP contribution in [-0.2, 0) is 16.1 Å². The molecule has 1 saturated carbocycles. The van der Waals surface area contributed by atoms with Crippen LogP contribution >= 0.6 is 0 Å². The maximum absolute atomic E-state index is 13.8. The molecule has 3 amide bonds. The molecule has 38 heavy (non-hydrogen) atoms. The first-order valence-electron chi connectivity index (χ1n) is 12.8. The number of hydrogen-bond acceptors (Lipinski definition) is 5. The Bertz CT molecular complexity index is 1320. The van der Waals surface area contributed by atoms with Crippen LogP contribution in [0.25, 0.3) is 0 Å². The summed E-state index contributed by atoms with van der Waals surface area (Å²) in [6.07, 6.45) is 2.30. The lowest BCUT2D eigenvalue weighted by molar-refractivity contribution is -0.123. The van der Waals surface area contributed by atoms with Crippen molar-refractivity contribution >= 4 is 29.1 Å². The fraction of sp³-hybridized carbons (Fsp3) is 0.300. The maximum Gasteiger partial charge on any atom is 0.259 e. The predicted molar refractivity (Wildman–Crippen MR) is 145 cm³/mol. The molecule has 0 saturated heterocycles. The normalized spacial score (nSPS) is 18.3. The molecule has 0 spiro atoms. The molecule has 8 nitrogen and oxygen atoms in total. The van der Waals surface area contributed by atoms with Gasteiger partial charge in [-0.25, -0.2) is 0 Å². The number of methoxy groups -OCH3 is 2. The highest BCUT2D eigenvalue weighted by Gasteiger charge is 2.45. The molecule has 2 aliphatic rings. The van der Waals surface area contributed by atoms with Crippen LogP contribution < -0.4 is 24.6 Å². The summed E-state index contributed by atoms with van der Waals surface area (Å²) >= 11 is 0. The minimum Gasteiger partial charge on any atom is -0.496 e. The molecule has 0 bridgehead atoms. The number of hydrogen-bond donors (Lipinski definition) is 1. The first kappa shape index (κ1) is 25.3. The lowest BCUT2D eigenvalue weighted by Gasteiger charge is -2.30. The average Bonchev–Trinajstić information content (AvgIpc) is 3.41. The van der Waals surface area contributed by atoms with Gasteiger partial charge in [-0.1, -0.05) is 55.0 Å². The quantitative estimate of drug-likeness (QED) is 0.512. The lowest BCUT2D eigenvalue weighted by Crippen LogP contribution is -2.48. The maximum atomic E-state index is 13.8. The van der Waals surface area contributed by atoms with Crippen LogP contribution in [0.5, 0.6) is 11.5 Å².